The van der Waals surface area contributed by atoms with Gasteiger partial charge in [-0.2, -0.15) is 5.26 Å². The van der Waals surface area contributed by atoms with E-state index in [2.05, 4.69) is 34.9 Å². The summed E-state index contributed by atoms with van der Waals surface area (Å²) >= 11 is 6.28. The fraction of sp³-hybridized carbons (Fsp3) is 0.815. The van der Waals surface area contributed by atoms with E-state index < -0.39 is 0 Å². The highest BCUT2D eigenvalue weighted by Crippen LogP contribution is 2.45. The molecule has 2 N–H and O–H groups in total. The van der Waals surface area contributed by atoms with Crippen LogP contribution in [0.1, 0.15) is 83.5 Å². The maximum absolute atomic E-state index is 9.48. The molecule has 5 aliphatic rings. The van der Waals surface area contributed by atoms with Gasteiger partial charge in [-0.3, -0.25) is 10.6 Å². The normalized spacial score (nSPS) is 45.9. The number of rotatable bonds is 3. The lowest BCUT2D eigenvalue weighted by Gasteiger charge is -2.51. The van der Waals surface area contributed by atoms with Crippen molar-refractivity contribution in [1.82, 2.24) is 10.6 Å². The molecule has 3 nitrogen and oxygen atoms in total. The number of nitriles is 1. The topological polar surface area (TPSA) is 47.9 Å². The summed E-state index contributed by atoms with van der Waals surface area (Å²) in [5.41, 5.74) is 0. The predicted molar refractivity (Wildman–Crippen MR) is 127 cm³/mol. The fourth-order valence-electron chi connectivity index (χ4n) is 7.71. The summed E-state index contributed by atoms with van der Waals surface area (Å²) in [6.45, 7) is 0. The van der Waals surface area contributed by atoms with E-state index in [1.807, 2.05) is 0 Å². The predicted octanol–water partition coefficient (Wildman–Crippen LogP) is 6.27. The Labute approximate surface area is 194 Å². The third-order valence-electron chi connectivity index (χ3n) is 9.40. The van der Waals surface area contributed by atoms with E-state index >= 15 is 0 Å². The van der Waals surface area contributed by atoms with E-state index in [9.17, 15) is 5.26 Å². The number of fused-ring (bicyclic) bond motifs is 1. The third kappa shape index (κ3) is 4.92. The Morgan fingerprint density at radius 3 is 2.42 bits per heavy atom. The molecule has 3 fully saturated rings. The molecule has 31 heavy (non-hydrogen) atoms. The van der Waals surface area contributed by atoms with Crippen molar-refractivity contribution >= 4 is 11.6 Å². The molecule has 0 aromatic heterocycles. The van der Waals surface area contributed by atoms with Crippen molar-refractivity contribution in [1.29, 1.82) is 5.26 Å². The smallest absolute Gasteiger partial charge is 0.0655 e. The first-order chi connectivity index (χ1) is 15.2. The molecule has 4 heteroatoms. The molecule has 1 heterocycles. The zero-order chi connectivity index (χ0) is 21.2. The molecule has 0 spiro atoms. The van der Waals surface area contributed by atoms with Crippen LogP contribution in [0.15, 0.2) is 23.3 Å². The van der Waals surface area contributed by atoms with E-state index in [-0.39, 0.29) is 0 Å². The van der Waals surface area contributed by atoms with Gasteiger partial charge in [0.15, 0.2) is 0 Å². The molecule has 0 bridgehead atoms. The minimum absolute atomic E-state index is 0.319. The molecule has 1 aliphatic heterocycles. The van der Waals surface area contributed by atoms with Crippen LogP contribution in [0, 0.1) is 46.8 Å². The maximum Gasteiger partial charge on any atom is 0.0655 e. The molecule has 0 aromatic rings. The van der Waals surface area contributed by atoms with Crippen LogP contribution in [0.4, 0.5) is 0 Å². The zero-order valence-corrected chi connectivity index (χ0v) is 19.7. The first-order valence-electron chi connectivity index (χ1n) is 13.1. The van der Waals surface area contributed by atoms with Crippen molar-refractivity contribution in [3.63, 3.8) is 0 Å². The molecular weight excluding hydrogens is 402 g/mol. The number of allylic oxidation sites excluding steroid dienone is 3. The largest absolute Gasteiger partial charge is 0.298 e. The highest BCUT2D eigenvalue weighted by molar-refractivity contribution is 6.29. The Morgan fingerprint density at radius 2 is 1.61 bits per heavy atom. The van der Waals surface area contributed by atoms with Crippen molar-refractivity contribution in [3.05, 3.63) is 23.3 Å². The highest BCUT2D eigenvalue weighted by Gasteiger charge is 2.44. The summed E-state index contributed by atoms with van der Waals surface area (Å²) in [4.78, 5) is 0. The third-order valence-corrected chi connectivity index (χ3v) is 9.75. The van der Waals surface area contributed by atoms with Gasteiger partial charge in [-0.05, 0) is 87.4 Å². The first kappa shape index (κ1) is 22.0. The summed E-state index contributed by atoms with van der Waals surface area (Å²) in [7, 11) is 0. The standard InChI is InChI=1S/C27H40ClN3/c28-23-13-11-19(12-14-23)27-30-25-10-2-1-9-24(25)26(31-27)22-8-4-7-21(16-22)20-6-3-5-18(15-20)17-29/h1-2,13,18-22,24-27,30-31H,3-12,14-16H2. The summed E-state index contributed by atoms with van der Waals surface area (Å²) in [5, 5.41) is 18.7. The SMILES string of the molecule is N#CC1CCCC(C2CCCC(C3NC(C4CC=C(Cl)CC4)NC4CC=CCC43)C2)C1. The van der Waals surface area contributed by atoms with Crippen molar-refractivity contribution in [2.75, 3.05) is 0 Å². The van der Waals surface area contributed by atoms with Gasteiger partial charge in [-0.25, -0.2) is 0 Å². The Morgan fingerprint density at radius 1 is 0.839 bits per heavy atom. The average molecular weight is 442 g/mol. The minimum atomic E-state index is 0.319. The van der Waals surface area contributed by atoms with Crippen LogP contribution < -0.4 is 10.6 Å². The molecule has 0 aromatic carbocycles. The Hall–Kier alpha value is -0.820. The molecular formula is C27H40ClN3. The highest BCUT2D eigenvalue weighted by atomic mass is 35.5. The quantitative estimate of drug-likeness (QED) is 0.507. The van der Waals surface area contributed by atoms with Crippen LogP contribution in [0.25, 0.3) is 0 Å². The van der Waals surface area contributed by atoms with E-state index in [1.165, 1.54) is 64.2 Å². The van der Waals surface area contributed by atoms with Crippen LogP contribution in [-0.2, 0) is 0 Å². The summed E-state index contributed by atoms with van der Waals surface area (Å²) in [5.74, 6) is 4.15. The van der Waals surface area contributed by atoms with Gasteiger partial charge >= 0.3 is 0 Å². The van der Waals surface area contributed by atoms with Crippen LogP contribution in [0.3, 0.4) is 0 Å². The Balaban J connectivity index is 1.29. The van der Waals surface area contributed by atoms with Gasteiger partial charge in [0.1, 0.15) is 0 Å². The summed E-state index contributed by atoms with van der Waals surface area (Å²) in [6, 6.07) is 3.85. The van der Waals surface area contributed by atoms with Gasteiger partial charge in [0.05, 0.1) is 12.2 Å². The van der Waals surface area contributed by atoms with E-state index in [0.717, 1.165) is 48.0 Å². The second-order valence-corrected chi connectivity index (χ2v) is 11.7. The second-order valence-electron chi connectivity index (χ2n) is 11.2. The molecule has 2 saturated carbocycles. The van der Waals surface area contributed by atoms with Gasteiger partial charge in [0, 0.05) is 23.0 Å². The summed E-state index contributed by atoms with van der Waals surface area (Å²) in [6.07, 6.45) is 23.8. The maximum atomic E-state index is 9.48. The zero-order valence-electron chi connectivity index (χ0n) is 18.9. The molecule has 5 rings (SSSR count). The van der Waals surface area contributed by atoms with Gasteiger partial charge in [-0.15, -0.1) is 0 Å². The molecule has 4 aliphatic carbocycles. The van der Waals surface area contributed by atoms with Crippen molar-refractivity contribution in [3.8, 4) is 6.07 Å². The number of nitrogens with one attached hydrogen (secondary N) is 2. The van der Waals surface area contributed by atoms with Crippen LogP contribution in [0.2, 0.25) is 0 Å². The van der Waals surface area contributed by atoms with E-state index in [0.29, 0.717) is 30.1 Å². The second kappa shape index (κ2) is 9.98. The number of halogens is 1. The summed E-state index contributed by atoms with van der Waals surface area (Å²) < 4.78 is 0. The molecule has 1 saturated heterocycles. The van der Waals surface area contributed by atoms with Gasteiger partial charge in [0.2, 0.25) is 0 Å². The number of nitrogens with zero attached hydrogens (tertiary/aromatic N) is 1. The monoisotopic (exact) mass is 441 g/mol. The molecule has 9 unspecified atom stereocenters. The molecule has 0 radical (unpaired) electrons. The van der Waals surface area contributed by atoms with E-state index in [4.69, 9.17) is 11.6 Å². The van der Waals surface area contributed by atoms with Gasteiger partial charge in [-0.1, -0.05) is 55.5 Å². The molecule has 0 amide bonds. The number of hydrogen-bond acceptors (Lipinski definition) is 3. The lowest BCUT2D eigenvalue weighted by molar-refractivity contribution is 0.0495. The molecule has 9 atom stereocenters. The van der Waals surface area contributed by atoms with Crippen molar-refractivity contribution in [2.24, 2.45) is 35.5 Å². The first-order valence-corrected chi connectivity index (χ1v) is 13.5. The fourth-order valence-corrected chi connectivity index (χ4v) is 7.91. The Bertz CT molecular complexity index is 724. The van der Waals surface area contributed by atoms with Gasteiger partial charge < -0.3 is 0 Å². The van der Waals surface area contributed by atoms with Crippen LogP contribution in [0.5, 0.6) is 0 Å². The van der Waals surface area contributed by atoms with Crippen molar-refractivity contribution < 1.29 is 0 Å². The van der Waals surface area contributed by atoms with Crippen LogP contribution >= 0.6 is 11.6 Å². The lowest BCUT2D eigenvalue weighted by Crippen LogP contribution is -2.67. The number of hydrogen-bond donors (Lipinski definition) is 2. The van der Waals surface area contributed by atoms with Crippen molar-refractivity contribution in [2.45, 2.75) is 102 Å². The average Bonchev–Trinajstić information content (AvgIpc) is 2.84. The minimum Gasteiger partial charge on any atom is -0.298 e. The van der Waals surface area contributed by atoms with Crippen LogP contribution in [-0.4, -0.2) is 18.2 Å². The van der Waals surface area contributed by atoms with E-state index in [1.54, 1.807) is 0 Å². The Kier molecular flexibility index (Phi) is 7.08. The van der Waals surface area contributed by atoms with Gasteiger partial charge in [0.25, 0.3) is 0 Å². The molecule has 170 valence electrons. The lowest BCUT2D eigenvalue weighted by atomic mass is 9.64.